The lowest BCUT2D eigenvalue weighted by atomic mass is 9.46. The van der Waals surface area contributed by atoms with Gasteiger partial charge in [0.1, 0.15) is 13.6 Å². The number of carboxylic acid groups (broad SMARTS) is 1. The summed E-state index contributed by atoms with van der Waals surface area (Å²) < 4.78 is 33.1. The van der Waals surface area contributed by atoms with Gasteiger partial charge >= 0.3 is 0 Å². The molecule has 4 bridgehead atoms. The van der Waals surface area contributed by atoms with Crippen molar-refractivity contribution < 1.29 is 38.3 Å². The molecule has 8 nitrogen and oxygen atoms in total. The van der Waals surface area contributed by atoms with Crippen LogP contribution in [0.2, 0.25) is 0 Å². The van der Waals surface area contributed by atoms with Crippen molar-refractivity contribution in [2.24, 2.45) is 11.3 Å². The molecule has 4 rings (SSSR count). The highest BCUT2D eigenvalue weighted by molar-refractivity contribution is 5.74. The van der Waals surface area contributed by atoms with Crippen molar-refractivity contribution >= 4 is 5.97 Å². The predicted octanol–water partition coefficient (Wildman–Crippen LogP) is 0.472. The second-order valence-corrected chi connectivity index (χ2v) is 8.27. The Labute approximate surface area is 160 Å². The molecule has 4 aliphatic carbocycles. The Kier molecular flexibility index (Phi) is 6.76. The van der Waals surface area contributed by atoms with Crippen molar-refractivity contribution in [3.8, 4) is 0 Å². The summed E-state index contributed by atoms with van der Waals surface area (Å²) in [5.41, 5.74) is -1.98. The average molecular weight is 387 g/mol. The zero-order valence-corrected chi connectivity index (χ0v) is 16.3. The Bertz CT molecular complexity index is 480. The number of carbonyl (C=O) groups is 1. The first-order valence-corrected chi connectivity index (χ1v) is 9.60. The fraction of sp³-hybridized carbons (Fsp3) is 0.947. The van der Waals surface area contributed by atoms with Crippen molar-refractivity contribution in [3.63, 3.8) is 0 Å². The van der Waals surface area contributed by atoms with Gasteiger partial charge in [-0.15, -0.1) is 0 Å². The van der Waals surface area contributed by atoms with Crippen LogP contribution >= 0.6 is 0 Å². The summed E-state index contributed by atoms with van der Waals surface area (Å²) in [6, 6.07) is 0. The lowest BCUT2D eigenvalue weighted by molar-refractivity contribution is -0.348. The van der Waals surface area contributed by atoms with Crippen LogP contribution in [0.5, 0.6) is 0 Å². The molecule has 4 aliphatic rings. The van der Waals surface area contributed by atoms with E-state index in [1.165, 1.54) is 0 Å². The summed E-state index contributed by atoms with van der Waals surface area (Å²) in [5.74, 6) is -0.745. The van der Waals surface area contributed by atoms with E-state index in [1.807, 2.05) is 0 Å². The SMILES string of the molecule is COCCOCOC12CC3CC(OCOCCOC)(C1)CC(C(=O)[O-])(C3)C2. The number of hydrogen-bond acceptors (Lipinski definition) is 8. The molecule has 0 aromatic carbocycles. The Hall–Kier alpha value is -0.770. The van der Waals surface area contributed by atoms with Gasteiger partial charge in [0.25, 0.3) is 0 Å². The minimum absolute atomic E-state index is 0.125. The Morgan fingerprint density at radius 1 is 0.852 bits per heavy atom. The zero-order chi connectivity index (χ0) is 19.4. The molecule has 0 aromatic heterocycles. The number of aliphatic carboxylic acids is 1. The zero-order valence-electron chi connectivity index (χ0n) is 16.3. The quantitative estimate of drug-likeness (QED) is 0.332. The molecule has 156 valence electrons. The van der Waals surface area contributed by atoms with Crippen LogP contribution in [0.1, 0.15) is 38.5 Å². The fourth-order valence-electron chi connectivity index (χ4n) is 5.55. The van der Waals surface area contributed by atoms with Gasteiger partial charge in [0, 0.05) is 32.0 Å². The lowest BCUT2D eigenvalue weighted by Crippen LogP contribution is -2.68. The maximum atomic E-state index is 12.0. The van der Waals surface area contributed by atoms with Gasteiger partial charge in [-0.1, -0.05) is 0 Å². The average Bonchev–Trinajstić information content (AvgIpc) is 2.60. The van der Waals surface area contributed by atoms with E-state index in [0.29, 0.717) is 52.1 Å². The second kappa shape index (κ2) is 8.71. The molecule has 0 amide bonds. The van der Waals surface area contributed by atoms with Crippen LogP contribution in [0.25, 0.3) is 0 Å². The fourth-order valence-corrected chi connectivity index (χ4v) is 5.55. The van der Waals surface area contributed by atoms with Crippen molar-refractivity contribution in [2.45, 2.75) is 49.7 Å². The first-order valence-electron chi connectivity index (χ1n) is 9.60. The van der Waals surface area contributed by atoms with Gasteiger partial charge in [-0.25, -0.2) is 0 Å². The highest BCUT2D eigenvalue weighted by atomic mass is 16.7. The Morgan fingerprint density at radius 2 is 1.37 bits per heavy atom. The van der Waals surface area contributed by atoms with E-state index in [-0.39, 0.29) is 19.5 Å². The standard InChI is InChI=1S/C19H32O8/c1-22-3-5-24-13-26-18-8-15-7-17(10-18,16(20)21)11-19(9-15,12-18)27-14-25-6-4-23-2/h15H,3-14H2,1-2H3,(H,20,21)/p-1. The van der Waals surface area contributed by atoms with Crippen LogP contribution in [-0.4, -0.2) is 71.4 Å². The van der Waals surface area contributed by atoms with Gasteiger partial charge in [-0.05, 0) is 38.0 Å². The minimum Gasteiger partial charge on any atom is -0.550 e. The Morgan fingerprint density at radius 3 is 1.81 bits per heavy atom. The van der Waals surface area contributed by atoms with Crippen molar-refractivity contribution in [2.75, 3.05) is 54.2 Å². The largest absolute Gasteiger partial charge is 0.550 e. The van der Waals surface area contributed by atoms with E-state index in [9.17, 15) is 9.90 Å². The van der Waals surface area contributed by atoms with Crippen LogP contribution in [-0.2, 0) is 33.2 Å². The third kappa shape index (κ3) is 4.63. The van der Waals surface area contributed by atoms with E-state index >= 15 is 0 Å². The molecule has 4 fully saturated rings. The predicted molar refractivity (Wildman–Crippen MR) is 91.7 cm³/mol. The first kappa shape index (κ1) is 21.0. The van der Waals surface area contributed by atoms with Gasteiger partial charge in [0.15, 0.2) is 0 Å². The molecule has 27 heavy (non-hydrogen) atoms. The van der Waals surface area contributed by atoms with Gasteiger partial charge in [0.2, 0.25) is 0 Å². The van der Waals surface area contributed by atoms with Crippen LogP contribution in [0.3, 0.4) is 0 Å². The maximum Gasteiger partial charge on any atom is 0.147 e. The smallest absolute Gasteiger partial charge is 0.147 e. The highest BCUT2D eigenvalue weighted by Gasteiger charge is 2.65. The molecular weight excluding hydrogens is 356 g/mol. The third-order valence-corrected chi connectivity index (χ3v) is 6.16. The number of carbonyl (C=O) groups excluding carboxylic acids is 1. The van der Waals surface area contributed by atoms with Crippen LogP contribution in [0.4, 0.5) is 0 Å². The highest BCUT2D eigenvalue weighted by Crippen LogP contribution is 2.65. The molecule has 0 aromatic rings. The van der Waals surface area contributed by atoms with E-state index in [0.717, 1.165) is 12.8 Å². The number of methoxy groups -OCH3 is 2. The first-order chi connectivity index (χ1) is 13.0. The molecule has 0 radical (unpaired) electrons. The van der Waals surface area contributed by atoms with Gasteiger partial charge in [0.05, 0.1) is 37.6 Å². The molecule has 0 spiro atoms. The summed E-state index contributed by atoms with van der Waals surface area (Å²) in [6.07, 6.45) is 3.90. The van der Waals surface area contributed by atoms with Crippen molar-refractivity contribution in [1.29, 1.82) is 0 Å². The molecule has 2 atom stereocenters. The second-order valence-electron chi connectivity index (χ2n) is 8.27. The number of carboxylic acids is 1. The number of ether oxygens (including phenoxy) is 6. The summed E-state index contributed by atoms with van der Waals surface area (Å²) in [7, 11) is 3.23. The molecule has 0 heterocycles. The van der Waals surface area contributed by atoms with Crippen molar-refractivity contribution in [3.05, 3.63) is 0 Å². The molecule has 2 unspecified atom stereocenters. The van der Waals surface area contributed by atoms with Crippen LogP contribution in [0.15, 0.2) is 0 Å². The molecular formula is C19H31O8-. The topological polar surface area (TPSA) is 95.5 Å². The van der Waals surface area contributed by atoms with E-state index in [4.69, 9.17) is 28.4 Å². The van der Waals surface area contributed by atoms with E-state index in [2.05, 4.69) is 0 Å². The van der Waals surface area contributed by atoms with E-state index < -0.39 is 22.6 Å². The lowest BCUT2D eigenvalue weighted by Gasteiger charge is -2.65. The molecule has 0 N–H and O–H groups in total. The number of rotatable bonds is 13. The monoisotopic (exact) mass is 387 g/mol. The van der Waals surface area contributed by atoms with Gasteiger partial charge in [-0.3, -0.25) is 0 Å². The molecule has 8 heteroatoms. The summed E-state index contributed by atoms with van der Waals surface area (Å²) >= 11 is 0. The van der Waals surface area contributed by atoms with Gasteiger partial charge < -0.3 is 38.3 Å². The number of hydrogen-bond donors (Lipinski definition) is 0. The third-order valence-electron chi connectivity index (χ3n) is 6.16. The summed E-state index contributed by atoms with van der Waals surface area (Å²) in [5, 5.41) is 12.0. The van der Waals surface area contributed by atoms with Crippen molar-refractivity contribution in [1.82, 2.24) is 0 Å². The van der Waals surface area contributed by atoms with Gasteiger partial charge in [-0.2, -0.15) is 0 Å². The molecule has 0 saturated heterocycles. The van der Waals surface area contributed by atoms with Crippen LogP contribution in [0, 0.1) is 11.3 Å². The van der Waals surface area contributed by atoms with E-state index in [1.54, 1.807) is 14.2 Å². The normalized spacial score (nSPS) is 37.0. The Balaban J connectivity index is 1.66. The summed E-state index contributed by atoms with van der Waals surface area (Å²) in [4.78, 5) is 12.0. The molecule has 4 saturated carbocycles. The van der Waals surface area contributed by atoms with Crippen LogP contribution < -0.4 is 5.11 Å². The minimum atomic E-state index is -0.992. The molecule has 0 aliphatic heterocycles. The summed E-state index contributed by atoms with van der Waals surface area (Å²) in [6.45, 7) is 2.12. The maximum absolute atomic E-state index is 12.0.